The van der Waals surface area contributed by atoms with Gasteiger partial charge in [-0.3, -0.25) is 37.3 Å². The second kappa shape index (κ2) is 27.4. The molecule has 2 aliphatic rings. The number of anilines is 1. The number of carbonyl (C=O) groups excluding carboxylic acids is 1. The zero-order valence-corrected chi connectivity index (χ0v) is 49.4. The summed E-state index contributed by atoms with van der Waals surface area (Å²) in [6.45, 7) is -0.929. The van der Waals surface area contributed by atoms with Crippen LogP contribution in [0.5, 0.6) is 0 Å². The van der Waals surface area contributed by atoms with E-state index in [9.17, 15) is 79.5 Å². The molecule has 1 aliphatic carbocycles. The first-order chi connectivity index (χ1) is 39.7. The lowest BCUT2D eigenvalue weighted by Crippen LogP contribution is -2.28. The normalized spacial score (nSPS) is 12.0. The average molecular weight is 1350 g/mol. The van der Waals surface area contributed by atoms with E-state index in [1.54, 1.807) is 12.1 Å². The van der Waals surface area contributed by atoms with Gasteiger partial charge in [0.1, 0.15) is 9.79 Å². The number of carboxylic acid groups (broad SMARTS) is 1. The number of hydrogen-bond donors (Lipinski definition) is 7. The van der Waals surface area contributed by atoms with Crippen molar-refractivity contribution in [1.29, 1.82) is 0 Å². The molecule has 31 nitrogen and oxygen atoms in total. The topological polar surface area (TPSA) is 521 Å². The summed E-state index contributed by atoms with van der Waals surface area (Å²) >= 11 is 0. The Labute approximate surface area is 490 Å². The molecule has 8 rings (SSSR count). The summed E-state index contributed by atoms with van der Waals surface area (Å²) in [5, 5.41) is 11.6. The maximum Gasteiger partial charge on any atom is 0.425 e. The van der Waals surface area contributed by atoms with Gasteiger partial charge in [-0.05, 0) is 101 Å². The van der Waals surface area contributed by atoms with E-state index in [-0.39, 0.29) is 81.0 Å². The summed E-state index contributed by atoms with van der Waals surface area (Å²) < 4.78 is 262. The molecular weight excluding hydrogens is 1310 g/mol. The Balaban J connectivity index is 0.00000103. The Morgan fingerprint density at radius 2 is 1.14 bits per heavy atom. The number of nitrogens with zero attached hydrogens (tertiary/aromatic N) is 2. The Morgan fingerprint density at radius 3 is 1.71 bits per heavy atom. The Hall–Kier alpha value is -8.32. The van der Waals surface area contributed by atoms with Crippen LogP contribution in [-0.2, 0) is 100 Å². The third-order valence-corrected chi connectivity index (χ3v) is 16.2. The molecule has 0 saturated heterocycles. The van der Waals surface area contributed by atoms with E-state index in [1.807, 2.05) is 0 Å². The molecule has 1 aliphatic heterocycles. The summed E-state index contributed by atoms with van der Waals surface area (Å²) in [5.74, 6) is -2.55. The monoisotopic (exact) mass is 1350 g/mol. The lowest BCUT2D eigenvalue weighted by atomic mass is 9.90. The molecule has 1 amide bonds. The van der Waals surface area contributed by atoms with Crippen LogP contribution < -0.4 is 10.7 Å². The van der Waals surface area contributed by atoms with Gasteiger partial charge in [0.25, 0.3) is 56.5 Å². The number of fused-ring (bicyclic) bond motifs is 4. The summed E-state index contributed by atoms with van der Waals surface area (Å²) in [7, 11) is -33.5. The molecule has 0 atom stereocenters. The molecule has 0 saturated carbocycles. The summed E-state index contributed by atoms with van der Waals surface area (Å²) in [6, 6.07) is 24.5. The second-order valence-corrected chi connectivity index (χ2v) is 25.4. The summed E-state index contributed by atoms with van der Waals surface area (Å²) in [6.07, 6.45) is -0.220. The van der Waals surface area contributed by atoms with Crippen LogP contribution in [0.3, 0.4) is 0 Å². The van der Waals surface area contributed by atoms with E-state index in [1.165, 1.54) is 84.7 Å². The first kappa shape index (κ1) is 68.5. The van der Waals surface area contributed by atoms with Gasteiger partial charge in [-0.1, -0.05) is 48.5 Å². The van der Waals surface area contributed by atoms with E-state index >= 15 is 0 Å². The first-order valence-corrected chi connectivity index (χ1v) is 33.1. The fourth-order valence-corrected chi connectivity index (χ4v) is 12.1. The number of nitrogens with one attached hydrogen (secondary N) is 1. The first-order valence-electron chi connectivity index (χ1n) is 22.9. The number of hydrogen-bond acceptors (Lipinski definition) is 24. The quantitative estimate of drug-likeness (QED) is 0.0538. The van der Waals surface area contributed by atoms with Crippen molar-refractivity contribution in [1.82, 2.24) is 4.90 Å². The van der Waals surface area contributed by atoms with Crippen molar-refractivity contribution in [2.75, 3.05) is 18.9 Å². The van der Waals surface area contributed by atoms with Crippen LogP contribution >= 0.6 is 0 Å². The van der Waals surface area contributed by atoms with E-state index in [2.05, 4.69) is 10.3 Å². The predicted octanol–water partition coefficient (Wildman–Crippen LogP) is 3.38. The molecule has 1 heterocycles. The van der Waals surface area contributed by atoms with Crippen molar-refractivity contribution in [2.24, 2.45) is 4.99 Å². The molecule has 0 unspecified atom stereocenters. The van der Waals surface area contributed by atoms with Crippen molar-refractivity contribution in [3.05, 3.63) is 137 Å². The van der Waals surface area contributed by atoms with Crippen molar-refractivity contribution in [3.63, 3.8) is 0 Å². The van der Waals surface area contributed by atoms with Gasteiger partial charge in [-0.15, -0.1) is 37.9 Å². The number of carboxylic acids is 1. The smallest absolute Gasteiger partial charge is 0.425 e. The van der Waals surface area contributed by atoms with Gasteiger partial charge in [0, 0.05) is 59.4 Å². The molecule has 0 bridgehead atoms. The predicted molar refractivity (Wildman–Crippen MR) is 295 cm³/mol. The van der Waals surface area contributed by atoms with Crippen LogP contribution in [0, 0.1) is 0 Å². The van der Waals surface area contributed by atoms with Crippen LogP contribution in [0.1, 0.15) is 34.3 Å². The van der Waals surface area contributed by atoms with E-state index < -0.39 is 142 Å². The molecule has 6 aromatic rings. The van der Waals surface area contributed by atoms with E-state index in [0.29, 0.717) is 10.9 Å². The lowest BCUT2D eigenvalue weighted by Gasteiger charge is -2.23. The standard InChI is InChI=1S/C47H39N3O19S5.3O3S/c1-50(19-5-10-41(51)52)47(53)32-8-3-2-7-31(32)42-33-15-17-37(48-24-26-11-12-28-6-4-9-39(35(28)21-26)71(57,58)59)45(73(63,64)65)43(33)69-44-34(42)16-18-38(46(44)74(66,67)68)49-25-27-20-29-13-14-30(70(54,55)56)23-36(29)40(22-27)72(60,61)62;3*1-4(2)3/h2-4,6-9,11-18,20-23,48H,5,10,19,24-25H2,1H3,(H,51,52)(H,54,55,56)(H,57,58,59)(H,60,61,62)(H,63,64,65)(H,66,67,68);;;. The zero-order chi connectivity index (χ0) is 64.6. The fraction of sp³-hybridized carbons (Fsp3) is 0.128. The molecule has 0 spiro atoms. The molecule has 86 heavy (non-hydrogen) atoms. The van der Waals surface area contributed by atoms with Crippen LogP contribution in [0.4, 0.5) is 5.69 Å². The Kier molecular flexibility index (Phi) is 21.8. The lowest BCUT2D eigenvalue weighted by molar-refractivity contribution is -0.137. The van der Waals surface area contributed by atoms with Gasteiger partial charge in [-0.25, -0.2) is 0 Å². The fourth-order valence-electron chi connectivity index (χ4n) is 8.51. The van der Waals surface area contributed by atoms with Crippen LogP contribution in [0.15, 0.2) is 149 Å². The van der Waals surface area contributed by atoms with Gasteiger partial charge < -0.3 is 19.7 Å². The van der Waals surface area contributed by atoms with Crippen molar-refractivity contribution >= 4 is 132 Å². The maximum atomic E-state index is 14.2. The van der Waals surface area contributed by atoms with Crippen LogP contribution in [-0.4, -0.2) is 138 Å². The van der Waals surface area contributed by atoms with Gasteiger partial charge >= 0.3 is 37.8 Å². The minimum absolute atomic E-state index is 0.0173. The number of rotatable bonds is 16. The molecule has 7 N–H and O–H groups in total. The number of amides is 1. The van der Waals surface area contributed by atoms with E-state index in [4.69, 9.17) is 42.3 Å². The molecule has 6 aromatic carbocycles. The molecule has 458 valence electrons. The Morgan fingerprint density at radius 1 is 0.558 bits per heavy atom. The zero-order valence-electron chi connectivity index (χ0n) is 42.8. The molecule has 39 heteroatoms. The maximum absolute atomic E-state index is 14.2. The largest absolute Gasteiger partial charge is 0.481 e. The van der Waals surface area contributed by atoms with Crippen LogP contribution in [0.25, 0.3) is 55.0 Å². The summed E-state index contributed by atoms with van der Waals surface area (Å²) in [5.41, 5.74) is -1.09. The van der Waals surface area contributed by atoms with E-state index in [0.717, 1.165) is 30.3 Å². The van der Waals surface area contributed by atoms with Crippen molar-refractivity contribution in [2.45, 2.75) is 50.4 Å². The molecular formula is C47H39N3O28S8. The highest BCUT2D eigenvalue weighted by Gasteiger charge is 2.33. The number of aliphatic carboxylic acids is 1. The molecule has 0 fully saturated rings. The van der Waals surface area contributed by atoms with Gasteiger partial charge in [-0.2, -0.15) is 42.1 Å². The minimum Gasteiger partial charge on any atom is -0.481 e. The highest BCUT2D eigenvalue weighted by molar-refractivity contribution is 7.87. The average Bonchev–Trinajstić information content (AvgIpc) is 0.742. The third-order valence-electron chi connectivity index (χ3n) is 11.7. The van der Waals surface area contributed by atoms with Gasteiger partial charge in [0.2, 0.25) is 0 Å². The van der Waals surface area contributed by atoms with Crippen molar-refractivity contribution in [3.8, 4) is 22.5 Å². The minimum atomic E-state index is -5.53. The number of carbonyl (C=O) groups is 2. The van der Waals surface area contributed by atoms with Crippen LogP contribution in [0.2, 0.25) is 0 Å². The second-order valence-electron chi connectivity index (χ2n) is 17.3. The Bertz CT molecular complexity index is 4990. The van der Waals surface area contributed by atoms with Crippen molar-refractivity contribution < 1.29 is 122 Å². The molecule has 0 radical (unpaired) electrons. The summed E-state index contributed by atoms with van der Waals surface area (Å²) in [4.78, 5) is 27.0. The third kappa shape index (κ3) is 17.6. The number of benzene rings is 7. The van der Waals surface area contributed by atoms with Gasteiger partial charge in [0.15, 0.2) is 21.1 Å². The van der Waals surface area contributed by atoms with Gasteiger partial charge in [0.05, 0.1) is 22.5 Å². The highest BCUT2D eigenvalue weighted by Crippen LogP contribution is 2.46. The highest BCUT2D eigenvalue weighted by atomic mass is 32.2. The molecule has 0 aromatic heterocycles. The SMILES string of the molecule is CN(CCCC(=O)O)C(=O)c1ccccc1-c1c2ccc(=NCc3cc(S(=O)(=O)O)c4cc(S(=O)(=O)O)ccc4c3)c(S(=O)(=O)O)c-2oc2c(S(=O)(=O)O)c(NCc3ccc4cccc(S(=O)(=O)O)c4c3)ccc12.O=S(=O)=O.O=S(=O)=O.O=S(=O)=O.